The van der Waals surface area contributed by atoms with Gasteiger partial charge in [-0.2, -0.15) is 0 Å². The predicted molar refractivity (Wildman–Crippen MR) is 65.5 cm³/mol. The lowest BCUT2D eigenvalue weighted by atomic mass is 10.2. The third kappa shape index (κ3) is 3.61. The van der Waals surface area contributed by atoms with Gasteiger partial charge in [0.05, 0.1) is 12.0 Å². The Bertz CT molecular complexity index is 322. The second-order valence-corrected chi connectivity index (χ2v) is 4.55. The Labute approximate surface area is 97.7 Å². The van der Waals surface area contributed by atoms with Crippen molar-refractivity contribution in [1.29, 1.82) is 0 Å². The smallest absolute Gasteiger partial charge is 0.0951 e. The van der Waals surface area contributed by atoms with Crippen molar-refractivity contribution in [2.24, 2.45) is 0 Å². The zero-order chi connectivity index (χ0) is 12.1. The third-order valence-electron chi connectivity index (χ3n) is 2.95. The first-order valence-corrected chi connectivity index (χ1v) is 5.89. The van der Waals surface area contributed by atoms with Crippen molar-refractivity contribution in [1.82, 2.24) is 14.9 Å². The lowest BCUT2D eigenvalue weighted by Gasteiger charge is -2.20. The summed E-state index contributed by atoms with van der Waals surface area (Å²) < 4.78 is 2.17. The molecule has 4 heteroatoms. The van der Waals surface area contributed by atoms with Crippen molar-refractivity contribution in [3.63, 3.8) is 0 Å². The number of rotatable bonds is 6. The molecule has 1 aromatic rings. The fourth-order valence-electron chi connectivity index (χ4n) is 1.84. The SMILES string of the molecule is Cc1ncn(CC(C)NC(C)CCO)c1C. The molecule has 0 aromatic carbocycles. The molecule has 2 unspecified atom stereocenters. The number of aryl methyl sites for hydroxylation is 1. The Morgan fingerprint density at radius 3 is 2.56 bits per heavy atom. The molecule has 0 spiro atoms. The van der Waals surface area contributed by atoms with Crippen molar-refractivity contribution >= 4 is 0 Å². The number of aliphatic hydroxyl groups is 1. The molecule has 0 aliphatic heterocycles. The van der Waals surface area contributed by atoms with Crippen LogP contribution in [0.15, 0.2) is 6.33 Å². The zero-order valence-corrected chi connectivity index (χ0v) is 10.7. The maximum Gasteiger partial charge on any atom is 0.0951 e. The van der Waals surface area contributed by atoms with Crippen LogP contribution in [0.4, 0.5) is 0 Å². The highest BCUT2D eigenvalue weighted by molar-refractivity contribution is 5.08. The summed E-state index contributed by atoms with van der Waals surface area (Å²) in [6.45, 7) is 9.53. The van der Waals surface area contributed by atoms with Crippen molar-refractivity contribution in [3.8, 4) is 0 Å². The lowest BCUT2D eigenvalue weighted by Crippen LogP contribution is -2.37. The lowest BCUT2D eigenvalue weighted by molar-refractivity contribution is 0.261. The monoisotopic (exact) mass is 225 g/mol. The van der Waals surface area contributed by atoms with Crippen LogP contribution in [0.5, 0.6) is 0 Å². The van der Waals surface area contributed by atoms with E-state index in [0.717, 1.165) is 18.7 Å². The predicted octanol–water partition coefficient (Wildman–Crippen LogP) is 1.25. The molecule has 0 fully saturated rings. The highest BCUT2D eigenvalue weighted by Crippen LogP contribution is 2.05. The van der Waals surface area contributed by atoms with Gasteiger partial charge in [0.1, 0.15) is 0 Å². The van der Waals surface area contributed by atoms with Crippen LogP contribution in [0.1, 0.15) is 31.7 Å². The van der Waals surface area contributed by atoms with Gasteiger partial charge < -0.3 is 15.0 Å². The largest absolute Gasteiger partial charge is 0.396 e. The standard InChI is InChI=1S/C12H23N3O/c1-9(5-6-16)14-10(2)7-15-8-13-11(3)12(15)4/h8-10,14,16H,5-7H2,1-4H3. The average molecular weight is 225 g/mol. The van der Waals surface area contributed by atoms with Gasteiger partial charge in [-0.05, 0) is 34.1 Å². The number of hydrogen-bond donors (Lipinski definition) is 2. The molecule has 1 rings (SSSR count). The summed E-state index contributed by atoms with van der Waals surface area (Å²) in [5.74, 6) is 0. The second-order valence-electron chi connectivity index (χ2n) is 4.55. The molecule has 16 heavy (non-hydrogen) atoms. The van der Waals surface area contributed by atoms with Crippen molar-refractivity contribution in [2.75, 3.05) is 6.61 Å². The number of aromatic nitrogens is 2. The first-order chi connectivity index (χ1) is 7.54. The molecule has 92 valence electrons. The highest BCUT2D eigenvalue weighted by Gasteiger charge is 2.09. The Kier molecular flexibility index (Phi) is 4.96. The van der Waals surface area contributed by atoms with E-state index in [1.807, 2.05) is 13.3 Å². The maximum atomic E-state index is 8.83. The van der Waals surface area contributed by atoms with Gasteiger partial charge in [-0.1, -0.05) is 0 Å². The molecule has 0 amide bonds. The number of hydrogen-bond acceptors (Lipinski definition) is 3. The number of aliphatic hydroxyl groups excluding tert-OH is 1. The maximum absolute atomic E-state index is 8.83. The molecule has 1 aromatic heterocycles. The molecule has 0 radical (unpaired) electrons. The molecule has 0 aliphatic carbocycles. The van der Waals surface area contributed by atoms with Gasteiger partial charge in [0.2, 0.25) is 0 Å². The van der Waals surface area contributed by atoms with E-state index in [-0.39, 0.29) is 6.61 Å². The fraction of sp³-hybridized carbons (Fsp3) is 0.750. The van der Waals surface area contributed by atoms with E-state index >= 15 is 0 Å². The van der Waals surface area contributed by atoms with Gasteiger partial charge in [0.15, 0.2) is 0 Å². The summed E-state index contributed by atoms with van der Waals surface area (Å²) >= 11 is 0. The van der Waals surface area contributed by atoms with Gasteiger partial charge in [0.25, 0.3) is 0 Å². The van der Waals surface area contributed by atoms with Crippen LogP contribution >= 0.6 is 0 Å². The minimum Gasteiger partial charge on any atom is -0.396 e. The Morgan fingerprint density at radius 1 is 1.38 bits per heavy atom. The molecule has 0 bridgehead atoms. The molecular formula is C12H23N3O. The van der Waals surface area contributed by atoms with Crippen LogP contribution in [-0.2, 0) is 6.54 Å². The van der Waals surface area contributed by atoms with Crippen molar-refractivity contribution in [3.05, 3.63) is 17.7 Å². The molecular weight excluding hydrogens is 202 g/mol. The number of imidazole rings is 1. The second kappa shape index (κ2) is 6.01. The van der Waals surface area contributed by atoms with E-state index < -0.39 is 0 Å². The molecule has 0 saturated heterocycles. The van der Waals surface area contributed by atoms with E-state index in [2.05, 4.69) is 35.6 Å². The van der Waals surface area contributed by atoms with Gasteiger partial charge in [-0.15, -0.1) is 0 Å². The van der Waals surface area contributed by atoms with Gasteiger partial charge >= 0.3 is 0 Å². The zero-order valence-electron chi connectivity index (χ0n) is 10.7. The van der Waals surface area contributed by atoms with E-state index in [0.29, 0.717) is 12.1 Å². The highest BCUT2D eigenvalue weighted by atomic mass is 16.3. The molecule has 2 N–H and O–H groups in total. The van der Waals surface area contributed by atoms with Crippen molar-refractivity contribution < 1.29 is 5.11 Å². The van der Waals surface area contributed by atoms with E-state index in [1.165, 1.54) is 5.69 Å². The fourth-order valence-corrected chi connectivity index (χ4v) is 1.84. The summed E-state index contributed by atoms with van der Waals surface area (Å²) in [7, 11) is 0. The quantitative estimate of drug-likeness (QED) is 0.766. The van der Waals surface area contributed by atoms with E-state index in [4.69, 9.17) is 5.11 Å². The molecule has 0 aliphatic rings. The van der Waals surface area contributed by atoms with Crippen LogP contribution in [0.2, 0.25) is 0 Å². The summed E-state index contributed by atoms with van der Waals surface area (Å²) in [6.07, 6.45) is 2.69. The van der Waals surface area contributed by atoms with Gasteiger partial charge in [-0.3, -0.25) is 0 Å². The van der Waals surface area contributed by atoms with Crippen LogP contribution in [0.3, 0.4) is 0 Å². The van der Waals surface area contributed by atoms with Gasteiger partial charge in [0, 0.05) is 30.9 Å². The van der Waals surface area contributed by atoms with Crippen LogP contribution < -0.4 is 5.32 Å². The van der Waals surface area contributed by atoms with Crippen LogP contribution in [-0.4, -0.2) is 33.3 Å². The third-order valence-corrected chi connectivity index (χ3v) is 2.95. The Hall–Kier alpha value is -0.870. The summed E-state index contributed by atoms with van der Waals surface area (Å²) in [6, 6.07) is 0.735. The van der Waals surface area contributed by atoms with E-state index in [1.54, 1.807) is 0 Å². The number of nitrogens with one attached hydrogen (secondary N) is 1. The molecule has 1 heterocycles. The molecule has 2 atom stereocenters. The molecule has 0 saturated carbocycles. The number of nitrogens with zero attached hydrogens (tertiary/aromatic N) is 2. The van der Waals surface area contributed by atoms with Crippen LogP contribution in [0.25, 0.3) is 0 Å². The first kappa shape index (κ1) is 13.2. The summed E-state index contributed by atoms with van der Waals surface area (Å²) in [5.41, 5.74) is 2.32. The Morgan fingerprint density at radius 2 is 2.06 bits per heavy atom. The van der Waals surface area contributed by atoms with Gasteiger partial charge in [-0.25, -0.2) is 4.98 Å². The topological polar surface area (TPSA) is 50.1 Å². The van der Waals surface area contributed by atoms with Crippen molar-refractivity contribution in [2.45, 2.75) is 52.7 Å². The molecule has 4 nitrogen and oxygen atoms in total. The minimum atomic E-state index is 0.240. The normalized spacial score (nSPS) is 15.1. The Balaban J connectivity index is 2.45. The van der Waals surface area contributed by atoms with Crippen LogP contribution in [0, 0.1) is 13.8 Å². The summed E-state index contributed by atoms with van der Waals surface area (Å²) in [4.78, 5) is 4.28. The minimum absolute atomic E-state index is 0.240. The first-order valence-electron chi connectivity index (χ1n) is 5.89. The summed E-state index contributed by atoms with van der Waals surface area (Å²) in [5, 5.41) is 12.3. The van der Waals surface area contributed by atoms with E-state index in [9.17, 15) is 0 Å². The average Bonchev–Trinajstić information content (AvgIpc) is 2.50.